The van der Waals surface area contributed by atoms with Gasteiger partial charge in [0.15, 0.2) is 0 Å². The Hall–Kier alpha value is -0.120. The number of thioether (sulfide) groups is 1. The molecule has 1 saturated heterocycles. The van der Waals surface area contributed by atoms with Crippen LogP contribution in [0.15, 0.2) is 22.8 Å². The monoisotopic (exact) mass is 247 g/mol. The van der Waals surface area contributed by atoms with Gasteiger partial charge in [0.25, 0.3) is 0 Å². The van der Waals surface area contributed by atoms with Gasteiger partial charge in [0.2, 0.25) is 0 Å². The zero-order valence-corrected chi connectivity index (χ0v) is 10.4. The summed E-state index contributed by atoms with van der Waals surface area (Å²) in [5.41, 5.74) is 0. The quantitative estimate of drug-likeness (QED) is 0.886. The molecular weight excluding hydrogens is 230 g/mol. The molecule has 1 atom stereocenters. The van der Waals surface area contributed by atoms with Crippen molar-refractivity contribution in [3.8, 4) is 0 Å². The molecule has 1 N–H and O–H groups in total. The van der Waals surface area contributed by atoms with Crippen molar-refractivity contribution in [3.63, 3.8) is 0 Å². The maximum absolute atomic E-state index is 5.29. The van der Waals surface area contributed by atoms with Crippen molar-refractivity contribution in [2.45, 2.75) is 18.6 Å². The molecule has 1 fully saturated rings. The van der Waals surface area contributed by atoms with Crippen LogP contribution in [0.1, 0.15) is 18.6 Å². The Morgan fingerprint density at radius 1 is 1.53 bits per heavy atom. The summed E-state index contributed by atoms with van der Waals surface area (Å²) in [6, 6.07) is 4.00. The van der Waals surface area contributed by atoms with Gasteiger partial charge >= 0.3 is 0 Å². The van der Waals surface area contributed by atoms with E-state index in [-0.39, 0.29) is 12.4 Å². The topological polar surface area (TPSA) is 25.2 Å². The van der Waals surface area contributed by atoms with E-state index < -0.39 is 0 Å². The van der Waals surface area contributed by atoms with Crippen LogP contribution in [0.3, 0.4) is 0 Å². The molecule has 86 valence electrons. The van der Waals surface area contributed by atoms with Crippen molar-refractivity contribution >= 4 is 24.2 Å². The number of rotatable bonds is 4. The van der Waals surface area contributed by atoms with Crippen molar-refractivity contribution in [2.75, 3.05) is 18.8 Å². The number of nitrogens with one attached hydrogen (secondary N) is 1. The molecule has 0 amide bonds. The van der Waals surface area contributed by atoms with Crippen LogP contribution in [0.25, 0.3) is 0 Å². The molecule has 1 aromatic rings. The fourth-order valence-electron chi connectivity index (χ4n) is 1.79. The van der Waals surface area contributed by atoms with Crippen LogP contribution in [0.5, 0.6) is 0 Å². The van der Waals surface area contributed by atoms with Crippen LogP contribution in [0, 0.1) is 5.92 Å². The third-order valence-corrected chi connectivity index (χ3v) is 3.77. The van der Waals surface area contributed by atoms with Crippen LogP contribution in [0.4, 0.5) is 0 Å². The van der Waals surface area contributed by atoms with Gasteiger partial charge in [-0.1, -0.05) is 0 Å². The average Bonchev–Trinajstić information content (AvgIpc) is 2.72. The normalized spacial score (nSPS) is 20.9. The maximum atomic E-state index is 5.29. The van der Waals surface area contributed by atoms with Crippen LogP contribution < -0.4 is 5.32 Å². The first-order chi connectivity index (χ1) is 6.95. The van der Waals surface area contributed by atoms with E-state index in [1.165, 1.54) is 31.7 Å². The molecule has 0 saturated carbocycles. The van der Waals surface area contributed by atoms with Crippen molar-refractivity contribution in [3.05, 3.63) is 24.2 Å². The highest BCUT2D eigenvalue weighted by Crippen LogP contribution is 2.19. The van der Waals surface area contributed by atoms with Crippen molar-refractivity contribution in [1.82, 2.24) is 5.32 Å². The summed E-state index contributed by atoms with van der Waals surface area (Å²) in [6.45, 7) is 2.41. The standard InChI is InChI=1S/C11H17NOS.ClH/c1-3-10(7-12-5-1)8-14-9-11-4-2-6-13-11;/h2,4,6,10,12H,1,3,5,7-9H2;1H. The second-order valence-electron chi connectivity index (χ2n) is 3.81. The second-order valence-corrected chi connectivity index (χ2v) is 4.84. The summed E-state index contributed by atoms with van der Waals surface area (Å²) >= 11 is 1.98. The van der Waals surface area contributed by atoms with Gasteiger partial charge < -0.3 is 9.73 Å². The largest absolute Gasteiger partial charge is 0.468 e. The van der Waals surface area contributed by atoms with Gasteiger partial charge in [-0.15, -0.1) is 12.4 Å². The van der Waals surface area contributed by atoms with Gasteiger partial charge in [-0.05, 0) is 49.7 Å². The summed E-state index contributed by atoms with van der Waals surface area (Å²) in [6.07, 6.45) is 4.47. The molecule has 2 heterocycles. The Balaban J connectivity index is 0.00000112. The zero-order valence-electron chi connectivity index (χ0n) is 8.78. The van der Waals surface area contributed by atoms with Gasteiger partial charge in [0.05, 0.1) is 12.0 Å². The van der Waals surface area contributed by atoms with Crippen LogP contribution in [-0.4, -0.2) is 18.8 Å². The van der Waals surface area contributed by atoms with E-state index in [9.17, 15) is 0 Å². The fraction of sp³-hybridized carbons (Fsp3) is 0.636. The molecule has 2 nitrogen and oxygen atoms in total. The first kappa shape index (κ1) is 12.9. The van der Waals surface area contributed by atoms with E-state index in [1.807, 2.05) is 23.9 Å². The lowest BCUT2D eigenvalue weighted by atomic mass is 10.0. The van der Waals surface area contributed by atoms with E-state index in [4.69, 9.17) is 4.42 Å². The predicted octanol–water partition coefficient (Wildman–Crippen LogP) is 2.93. The van der Waals surface area contributed by atoms with Crippen molar-refractivity contribution in [2.24, 2.45) is 5.92 Å². The highest BCUT2D eigenvalue weighted by atomic mass is 35.5. The highest BCUT2D eigenvalue weighted by molar-refractivity contribution is 7.98. The lowest BCUT2D eigenvalue weighted by Gasteiger charge is -2.21. The van der Waals surface area contributed by atoms with Gasteiger partial charge in [-0.2, -0.15) is 11.8 Å². The van der Waals surface area contributed by atoms with E-state index in [0.29, 0.717) is 0 Å². The molecule has 0 spiro atoms. The molecule has 1 aliphatic rings. The van der Waals surface area contributed by atoms with Gasteiger partial charge in [0.1, 0.15) is 5.76 Å². The second kappa shape index (κ2) is 7.20. The third kappa shape index (κ3) is 4.49. The molecule has 1 aliphatic heterocycles. The third-order valence-electron chi connectivity index (χ3n) is 2.58. The maximum Gasteiger partial charge on any atom is 0.113 e. The lowest BCUT2D eigenvalue weighted by Crippen LogP contribution is -2.30. The molecule has 0 bridgehead atoms. The Labute approximate surface area is 102 Å². The molecule has 0 radical (unpaired) electrons. The van der Waals surface area contributed by atoms with Crippen molar-refractivity contribution in [1.29, 1.82) is 0 Å². The Morgan fingerprint density at radius 2 is 2.47 bits per heavy atom. The van der Waals surface area contributed by atoms with Gasteiger partial charge in [0, 0.05) is 0 Å². The zero-order chi connectivity index (χ0) is 9.64. The van der Waals surface area contributed by atoms with E-state index >= 15 is 0 Å². The summed E-state index contributed by atoms with van der Waals surface area (Å²) in [7, 11) is 0. The first-order valence-electron chi connectivity index (χ1n) is 5.26. The van der Waals surface area contributed by atoms with E-state index in [0.717, 1.165) is 17.4 Å². The summed E-state index contributed by atoms with van der Waals surface area (Å²) in [5, 5.41) is 3.44. The SMILES string of the molecule is Cl.c1coc(CSCC2CCCNC2)c1. The average molecular weight is 248 g/mol. The molecule has 4 heteroatoms. The number of furan rings is 1. The van der Waals surface area contributed by atoms with Crippen LogP contribution in [0.2, 0.25) is 0 Å². The fourth-order valence-corrected chi connectivity index (χ4v) is 2.89. The first-order valence-corrected chi connectivity index (χ1v) is 6.41. The van der Waals surface area contributed by atoms with E-state index in [1.54, 1.807) is 6.26 Å². The van der Waals surface area contributed by atoms with Gasteiger partial charge in [-0.25, -0.2) is 0 Å². The minimum absolute atomic E-state index is 0. The highest BCUT2D eigenvalue weighted by Gasteiger charge is 2.12. The minimum atomic E-state index is 0. The Morgan fingerprint density at radius 3 is 3.13 bits per heavy atom. The van der Waals surface area contributed by atoms with Gasteiger partial charge in [-0.3, -0.25) is 0 Å². The lowest BCUT2D eigenvalue weighted by molar-refractivity contribution is 0.410. The van der Waals surface area contributed by atoms with E-state index in [2.05, 4.69) is 5.32 Å². The molecule has 2 rings (SSSR count). The molecule has 1 unspecified atom stereocenters. The molecule has 0 aliphatic carbocycles. The Kier molecular flexibility index (Phi) is 6.22. The summed E-state index contributed by atoms with van der Waals surface area (Å²) in [4.78, 5) is 0. The summed E-state index contributed by atoms with van der Waals surface area (Å²) in [5.74, 6) is 4.24. The minimum Gasteiger partial charge on any atom is -0.468 e. The number of hydrogen-bond donors (Lipinski definition) is 1. The molecule has 15 heavy (non-hydrogen) atoms. The molecule has 1 aromatic heterocycles. The number of piperidine rings is 1. The predicted molar refractivity (Wildman–Crippen MR) is 67.7 cm³/mol. The molecular formula is C11H18ClNOS. The molecule has 0 aromatic carbocycles. The number of halogens is 1. The van der Waals surface area contributed by atoms with Crippen LogP contribution in [-0.2, 0) is 5.75 Å². The van der Waals surface area contributed by atoms with Crippen LogP contribution >= 0.6 is 24.2 Å². The number of hydrogen-bond acceptors (Lipinski definition) is 3. The summed E-state index contributed by atoms with van der Waals surface area (Å²) < 4.78 is 5.29. The smallest absolute Gasteiger partial charge is 0.113 e. The Bertz CT molecular complexity index is 247. The van der Waals surface area contributed by atoms with Crippen molar-refractivity contribution < 1.29 is 4.42 Å².